The topological polar surface area (TPSA) is 83.6 Å². The Balaban J connectivity index is 0.00000205. The molecule has 0 fully saturated rings. The fourth-order valence-corrected chi connectivity index (χ4v) is 6.72. The van der Waals surface area contributed by atoms with E-state index in [1.807, 2.05) is 34.6 Å². The van der Waals surface area contributed by atoms with E-state index >= 15 is 0 Å². The first-order valence-corrected chi connectivity index (χ1v) is 15.6. The molecule has 39 heavy (non-hydrogen) atoms. The summed E-state index contributed by atoms with van der Waals surface area (Å²) in [5.41, 5.74) is 5.06. The number of amides is 2. The molecule has 3 heterocycles. The molecule has 1 aromatic carbocycles. The molecule has 9 heteroatoms. The van der Waals surface area contributed by atoms with E-state index in [-0.39, 0.29) is 12.0 Å². The van der Waals surface area contributed by atoms with Gasteiger partial charge in [0.2, 0.25) is 5.91 Å². The van der Waals surface area contributed by atoms with Gasteiger partial charge in [0.25, 0.3) is 0 Å². The van der Waals surface area contributed by atoms with E-state index in [0.717, 1.165) is 37.1 Å². The number of thiazole rings is 1. The van der Waals surface area contributed by atoms with Crippen LogP contribution in [0.1, 0.15) is 82.9 Å². The van der Waals surface area contributed by atoms with Gasteiger partial charge < -0.3 is 20.3 Å². The third-order valence-corrected chi connectivity index (χ3v) is 8.80. The van der Waals surface area contributed by atoms with E-state index in [2.05, 4.69) is 50.5 Å². The van der Waals surface area contributed by atoms with Gasteiger partial charge in [-0.25, -0.2) is 9.78 Å². The Kier molecular flexibility index (Phi) is 10.5. The summed E-state index contributed by atoms with van der Waals surface area (Å²) in [5.74, 6) is -0.0209. The van der Waals surface area contributed by atoms with Crippen molar-refractivity contribution in [3.63, 3.8) is 0 Å². The zero-order valence-corrected chi connectivity index (χ0v) is 26.5. The van der Waals surface area contributed by atoms with Gasteiger partial charge in [-0.3, -0.25) is 4.79 Å². The van der Waals surface area contributed by atoms with Gasteiger partial charge in [-0.1, -0.05) is 20.8 Å². The van der Waals surface area contributed by atoms with Crippen molar-refractivity contribution >= 4 is 49.9 Å². The summed E-state index contributed by atoms with van der Waals surface area (Å²) in [6.07, 6.45) is 1.81. The third kappa shape index (κ3) is 7.80. The summed E-state index contributed by atoms with van der Waals surface area (Å²) >= 11 is 3.21. The van der Waals surface area contributed by atoms with Gasteiger partial charge >= 0.3 is 6.09 Å². The molecule has 0 saturated heterocycles. The van der Waals surface area contributed by atoms with Crippen molar-refractivity contribution in [2.24, 2.45) is 0 Å². The normalized spacial score (nSPS) is 13.9. The predicted octanol–water partition coefficient (Wildman–Crippen LogP) is 7.68. The number of nitrogens with zero attached hydrogens (tertiary/aromatic N) is 2. The maximum atomic E-state index is 12.9. The van der Waals surface area contributed by atoms with E-state index in [1.54, 1.807) is 27.6 Å². The summed E-state index contributed by atoms with van der Waals surface area (Å²) in [6, 6.07) is 4.70. The molecule has 0 bridgehead atoms. The number of rotatable bonds is 7. The minimum absolute atomic E-state index is 0.0209. The largest absolute Gasteiger partial charge is 0.444 e. The highest BCUT2D eigenvalue weighted by Gasteiger charge is 2.31. The van der Waals surface area contributed by atoms with Crippen LogP contribution in [0.4, 0.5) is 9.80 Å². The SMILES string of the molecule is CC.CCC(C)NCCC(=O)Nc1sc2c(c1-c1nc3cc(C)c(C)cc3s1)CCN(C(=O)OC(C)(C)C)C2. The minimum Gasteiger partial charge on any atom is -0.444 e. The monoisotopic (exact) mass is 572 g/mol. The van der Waals surface area contributed by atoms with Crippen molar-refractivity contribution in [2.45, 2.75) is 99.8 Å². The summed E-state index contributed by atoms with van der Waals surface area (Å²) in [4.78, 5) is 33.5. The van der Waals surface area contributed by atoms with Crippen LogP contribution >= 0.6 is 22.7 Å². The number of carbonyl (C=O) groups excluding carboxylic acids is 2. The second kappa shape index (κ2) is 13.2. The highest BCUT2D eigenvalue weighted by Crippen LogP contribution is 2.46. The molecule has 1 atom stereocenters. The van der Waals surface area contributed by atoms with Crippen LogP contribution in [-0.4, -0.2) is 46.6 Å². The second-order valence-electron chi connectivity index (χ2n) is 10.8. The predicted molar refractivity (Wildman–Crippen MR) is 165 cm³/mol. The fourth-order valence-electron chi connectivity index (χ4n) is 4.25. The average Bonchev–Trinajstić information content (AvgIpc) is 3.43. The fraction of sp³-hybridized carbons (Fsp3) is 0.567. The van der Waals surface area contributed by atoms with E-state index in [1.165, 1.54) is 16.7 Å². The number of aryl methyl sites for hydroxylation is 2. The molecule has 4 rings (SSSR count). The molecule has 2 aromatic heterocycles. The Morgan fingerprint density at radius 1 is 1.15 bits per heavy atom. The van der Waals surface area contributed by atoms with Gasteiger partial charge in [-0.05, 0) is 83.2 Å². The Morgan fingerprint density at radius 2 is 1.85 bits per heavy atom. The minimum atomic E-state index is -0.544. The number of anilines is 1. The molecule has 1 unspecified atom stereocenters. The number of hydrogen-bond acceptors (Lipinski definition) is 7. The van der Waals surface area contributed by atoms with Crippen LogP contribution in [0.3, 0.4) is 0 Å². The van der Waals surface area contributed by atoms with Crippen molar-refractivity contribution in [3.05, 3.63) is 33.7 Å². The molecule has 0 saturated carbocycles. The lowest BCUT2D eigenvalue weighted by atomic mass is 10.0. The first-order chi connectivity index (χ1) is 18.4. The number of ether oxygens (including phenoxy) is 1. The lowest BCUT2D eigenvalue weighted by Crippen LogP contribution is -2.39. The molecule has 7 nitrogen and oxygen atoms in total. The number of thiophene rings is 1. The van der Waals surface area contributed by atoms with Gasteiger partial charge in [-0.15, -0.1) is 22.7 Å². The van der Waals surface area contributed by atoms with Crippen LogP contribution < -0.4 is 10.6 Å². The number of benzene rings is 1. The highest BCUT2D eigenvalue weighted by atomic mass is 32.1. The van der Waals surface area contributed by atoms with E-state index in [9.17, 15) is 9.59 Å². The van der Waals surface area contributed by atoms with Crippen LogP contribution in [0, 0.1) is 13.8 Å². The highest BCUT2D eigenvalue weighted by molar-refractivity contribution is 7.23. The number of aromatic nitrogens is 1. The summed E-state index contributed by atoms with van der Waals surface area (Å²) in [5, 5.41) is 8.29. The Hall–Kier alpha value is -2.49. The van der Waals surface area contributed by atoms with Crippen LogP contribution in [0.25, 0.3) is 20.8 Å². The zero-order chi connectivity index (χ0) is 28.9. The number of nitrogens with one attached hydrogen (secondary N) is 2. The van der Waals surface area contributed by atoms with Gasteiger partial charge in [0.15, 0.2) is 0 Å². The molecule has 1 aliphatic heterocycles. The maximum absolute atomic E-state index is 12.9. The van der Waals surface area contributed by atoms with Crippen LogP contribution in [-0.2, 0) is 22.5 Å². The molecule has 2 N–H and O–H groups in total. The molecule has 2 amide bonds. The molecule has 214 valence electrons. The smallest absolute Gasteiger partial charge is 0.410 e. The first-order valence-electron chi connectivity index (χ1n) is 14.0. The summed E-state index contributed by atoms with van der Waals surface area (Å²) < 4.78 is 6.76. The van der Waals surface area contributed by atoms with E-state index < -0.39 is 5.60 Å². The average molecular weight is 573 g/mol. The number of fused-ring (bicyclic) bond motifs is 2. The Morgan fingerprint density at radius 3 is 2.51 bits per heavy atom. The van der Waals surface area contributed by atoms with Gasteiger partial charge in [0.1, 0.15) is 15.6 Å². The van der Waals surface area contributed by atoms with Gasteiger partial charge in [0, 0.05) is 36.0 Å². The molecule has 0 spiro atoms. The van der Waals surface area contributed by atoms with Crippen molar-refractivity contribution in [1.82, 2.24) is 15.2 Å². The lowest BCUT2D eigenvalue weighted by molar-refractivity contribution is -0.116. The number of hydrogen-bond donors (Lipinski definition) is 2. The maximum Gasteiger partial charge on any atom is 0.410 e. The standard InChI is InChI=1S/C28H38N4O3S2.C2H6/c1-8-18(4)29-11-9-23(33)31-26-24(25-30-20-13-16(2)17(3)14-21(20)36-25)19-10-12-32(15-22(19)37-26)27(34)35-28(5,6)7;1-2/h13-14,18,29H,8-12,15H2,1-7H3,(H,31,33);1-2H3. The zero-order valence-electron chi connectivity index (χ0n) is 24.9. The van der Waals surface area contributed by atoms with Crippen molar-refractivity contribution < 1.29 is 14.3 Å². The molecule has 3 aromatic rings. The summed E-state index contributed by atoms with van der Waals surface area (Å²) in [6.45, 7) is 19.8. The summed E-state index contributed by atoms with van der Waals surface area (Å²) in [7, 11) is 0. The molecule has 0 radical (unpaired) electrons. The second-order valence-corrected chi connectivity index (χ2v) is 13.0. The van der Waals surface area contributed by atoms with Gasteiger partial charge in [0.05, 0.1) is 16.8 Å². The quantitative estimate of drug-likeness (QED) is 0.303. The van der Waals surface area contributed by atoms with Crippen LogP contribution in [0.15, 0.2) is 12.1 Å². The molecule has 1 aliphatic rings. The third-order valence-electron chi connectivity index (χ3n) is 6.64. The molecular formula is C30H44N4O3S2. The molecular weight excluding hydrogens is 528 g/mol. The van der Waals surface area contributed by atoms with Crippen LogP contribution in [0.5, 0.6) is 0 Å². The van der Waals surface area contributed by atoms with Crippen molar-refractivity contribution in [2.75, 3.05) is 18.4 Å². The Bertz CT molecular complexity index is 1270. The molecule has 0 aliphatic carbocycles. The van der Waals surface area contributed by atoms with Crippen LogP contribution in [0.2, 0.25) is 0 Å². The number of carbonyl (C=O) groups is 2. The van der Waals surface area contributed by atoms with Crippen molar-refractivity contribution in [1.29, 1.82) is 0 Å². The van der Waals surface area contributed by atoms with Crippen molar-refractivity contribution in [3.8, 4) is 10.6 Å². The lowest BCUT2D eigenvalue weighted by Gasteiger charge is -2.30. The van der Waals surface area contributed by atoms with E-state index in [4.69, 9.17) is 9.72 Å². The van der Waals surface area contributed by atoms with E-state index in [0.29, 0.717) is 38.5 Å². The first kappa shape index (κ1) is 31.0. The Labute approximate surface area is 241 Å². The van der Waals surface area contributed by atoms with Gasteiger partial charge in [-0.2, -0.15) is 0 Å².